The monoisotopic (exact) mass is 250 g/mol. The first kappa shape index (κ1) is 12.9. The van der Waals surface area contributed by atoms with E-state index < -0.39 is 6.10 Å². The van der Waals surface area contributed by atoms with Crippen LogP contribution in [0.2, 0.25) is 0 Å². The van der Waals surface area contributed by atoms with Crippen LogP contribution in [0.15, 0.2) is 18.2 Å². The van der Waals surface area contributed by atoms with Crippen LogP contribution in [0.3, 0.4) is 0 Å². The van der Waals surface area contributed by atoms with Gasteiger partial charge in [-0.15, -0.1) is 0 Å². The molecule has 1 N–H and O–H groups in total. The van der Waals surface area contributed by atoms with E-state index in [4.69, 9.17) is 9.47 Å². The smallest absolute Gasteiger partial charge is 0.347 e. The first-order chi connectivity index (χ1) is 8.61. The van der Waals surface area contributed by atoms with Crippen molar-refractivity contribution < 1.29 is 19.4 Å². The van der Waals surface area contributed by atoms with E-state index in [9.17, 15) is 9.90 Å². The highest BCUT2D eigenvalue weighted by Gasteiger charge is 2.21. The molecule has 98 valence electrons. The fraction of sp³-hybridized carbons (Fsp3) is 0.500. The first-order valence-corrected chi connectivity index (χ1v) is 6.26. The molecule has 0 fully saturated rings. The lowest BCUT2D eigenvalue weighted by atomic mass is 10.1. The van der Waals surface area contributed by atoms with Crippen molar-refractivity contribution in [2.45, 2.75) is 38.9 Å². The largest absolute Gasteiger partial charge is 0.479 e. The van der Waals surface area contributed by atoms with E-state index in [1.165, 1.54) is 0 Å². The molecule has 0 spiro atoms. The van der Waals surface area contributed by atoms with E-state index in [0.29, 0.717) is 12.4 Å². The van der Waals surface area contributed by atoms with E-state index in [-0.39, 0.29) is 12.1 Å². The van der Waals surface area contributed by atoms with Crippen LogP contribution in [-0.2, 0) is 16.0 Å². The summed E-state index contributed by atoms with van der Waals surface area (Å²) < 4.78 is 10.4. The van der Waals surface area contributed by atoms with Gasteiger partial charge in [-0.25, -0.2) is 4.79 Å². The third kappa shape index (κ3) is 2.64. The molecule has 18 heavy (non-hydrogen) atoms. The van der Waals surface area contributed by atoms with Crippen LogP contribution in [0.1, 0.15) is 37.5 Å². The number of hydrogen-bond donors (Lipinski definition) is 1. The number of benzene rings is 1. The molecule has 1 aliphatic rings. The molecule has 0 heterocycles. The van der Waals surface area contributed by atoms with Crippen molar-refractivity contribution in [2.24, 2.45) is 0 Å². The molecule has 2 rings (SSSR count). The average Bonchev–Trinajstić information content (AvgIpc) is 2.71. The Bertz CT molecular complexity index is 441. The summed E-state index contributed by atoms with van der Waals surface area (Å²) in [6, 6.07) is 5.53. The lowest BCUT2D eigenvalue weighted by molar-refractivity contribution is -0.150. The molecule has 0 saturated heterocycles. The van der Waals surface area contributed by atoms with Gasteiger partial charge in [0, 0.05) is 0 Å². The van der Waals surface area contributed by atoms with Crippen molar-refractivity contribution in [3.63, 3.8) is 0 Å². The summed E-state index contributed by atoms with van der Waals surface area (Å²) in [5.74, 6) is 0.279. The number of rotatable bonds is 4. The Labute approximate surface area is 107 Å². The molecule has 0 bridgehead atoms. The van der Waals surface area contributed by atoms with Crippen molar-refractivity contribution in [2.75, 3.05) is 6.61 Å². The van der Waals surface area contributed by atoms with E-state index in [2.05, 4.69) is 0 Å². The number of fused-ring (bicyclic) bond motifs is 1. The number of esters is 1. The Morgan fingerprint density at radius 3 is 3.06 bits per heavy atom. The summed E-state index contributed by atoms with van der Waals surface area (Å²) >= 11 is 0. The molecule has 1 aliphatic carbocycles. The molecule has 1 unspecified atom stereocenters. The fourth-order valence-electron chi connectivity index (χ4n) is 2.16. The van der Waals surface area contributed by atoms with Gasteiger partial charge in [-0.1, -0.05) is 6.07 Å². The highest BCUT2D eigenvalue weighted by molar-refractivity contribution is 5.74. The molecule has 0 amide bonds. The summed E-state index contributed by atoms with van der Waals surface area (Å²) in [5, 5.41) is 9.70. The zero-order chi connectivity index (χ0) is 13.1. The lowest BCUT2D eigenvalue weighted by Crippen LogP contribution is -2.26. The number of carbonyl (C=O) groups is 1. The van der Waals surface area contributed by atoms with Crippen molar-refractivity contribution in [1.82, 2.24) is 0 Å². The minimum atomic E-state index is -0.616. The molecular weight excluding hydrogens is 232 g/mol. The maximum absolute atomic E-state index is 11.4. The Kier molecular flexibility index (Phi) is 3.87. The number of aryl methyl sites for hydroxylation is 1. The summed E-state index contributed by atoms with van der Waals surface area (Å²) in [6.07, 6.45) is 0.624. The van der Waals surface area contributed by atoms with Gasteiger partial charge in [-0.05, 0) is 49.9 Å². The van der Waals surface area contributed by atoms with Gasteiger partial charge in [0.2, 0.25) is 0 Å². The van der Waals surface area contributed by atoms with Gasteiger partial charge in [-0.2, -0.15) is 0 Å². The number of hydrogen-bond acceptors (Lipinski definition) is 4. The van der Waals surface area contributed by atoms with Gasteiger partial charge in [0.25, 0.3) is 0 Å². The van der Waals surface area contributed by atoms with Gasteiger partial charge >= 0.3 is 5.97 Å². The van der Waals surface area contributed by atoms with Crippen molar-refractivity contribution in [3.05, 3.63) is 29.3 Å². The van der Waals surface area contributed by atoms with Crippen LogP contribution in [0.4, 0.5) is 0 Å². The second-order valence-corrected chi connectivity index (χ2v) is 4.43. The summed E-state index contributed by atoms with van der Waals surface area (Å²) in [4.78, 5) is 11.4. The number of aliphatic hydroxyl groups is 1. The van der Waals surface area contributed by atoms with Crippen molar-refractivity contribution in [3.8, 4) is 5.75 Å². The molecule has 1 aromatic carbocycles. The minimum Gasteiger partial charge on any atom is -0.479 e. The normalized spacial score (nSPS) is 19.2. The molecule has 0 saturated carbocycles. The zero-order valence-corrected chi connectivity index (χ0v) is 10.7. The first-order valence-electron chi connectivity index (χ1n) is 6.26. The zero-order valence-electron chi connectivity index (χ0n) is 10.7. The maximum atomic E-state index is 11.4. The Morgan fingerprint density at radius 1 is 1.56 bits per heavy atom. The van der Waals surface area contributed by atoms with E-state index in [1.54, 1.807) is 19.9 Å². The predicted molar refractivity (Wildman–Crippen MR) is 66.4 cm³/mol. The van der Waals surface area contributed by atoms with E-state index >= 15 is 0 Å². The number of ether oxygens (including phenoxy) is 2. The van der Waals surface area contributed by atoms with E-state index in [0.717, 1.165) is 24.0 Å². The second kappa shape index (κ2) is 5.40. The third-order valence-corrected chi connectivity index (χ3v) is 3.09. The highest BCUT2D eigenvalue weighted by atomic mass is 16.6. The van der Waals surface area contributed by atoms with Gasteiger partial charge < -0.3 is 14.6 Å². The SMILES string of the molecule is CCOC(=O)C(C)Oc1ccc2c(c1)CC[C@H]2O. The van der Waals surface area contributed by atoms with Gasteiger partial charge in [0.15, 0.2) is 6.10 Å². The highest BCUT2D eigenvalue weighted by Crippen LogP contribution is 2.33. The molecule has 0 radical (unpaired) electrons. The lowest BCUT2D eigenvalue weighted by Gasteiger charge is -2.14. The molecule has 0 aromatic heterocycles. The Morgan fingerprint density at radius 2 is 2.33 bits per heavy atom. The predicted octanol–water partition coefficient (Wildman–Crippen LogP) is 2.00. The van der Waals surface area contributed by atoms with Crippen molar-refractivity contribution in [1.29, 1.82) is 0 Å². The minimum absolute atomic E-state index is 0.350. The second-order valence-electron chi connectivity index (χ2n) is 4.43. The Balaban J connectivity index is 2.05. The number of aliphatic hydroxyl groups excluding tert-OH is 1. The third-order valence-electron chi connectivity index (χ3n) is 3.09. The van der Waals surface area contributed by atoms with Gasteiger partial charge in [0.05, 0.1) is 12.7 Å². The summed E-state index contributed by atoms with van der Waals surface area (Å²) in [7, 11) is 0. The standard InChI is InChI=1S/C14H18O4/c1-3-17-14(16)9(2)18-11-5-6-12-10(8-11)4-7-13(12)15/h5-6,8-9,13,15H,3-4,7H2,1-2H3/t9?,13-/m1/s1. The summed E-state index contributed by atoms with van der Waals surface area (Å²) in [5.41, 5.74) is 2.06. The maximum Gasteiger partial charge on any atom is 0.347 e. The topological polar surface area (TPSA) is 55.8 Å². The van der Waals surface area contributed by atoms with Gasteiger partial charge in [0.1, 0.15) is 5.75 Å². The molecule has 1 aromatic rings. The molecule has 2 atom stereocenters. The van der Waals surface area contributed by atoms with E-state index in [1.807, 2.05) is 12.1 Å². The molecule has 4 nitrogen and oxygen atoms in total. The van der Waals surface area contributed by atoms with Crippen LogP contribution in [0, 0.1) is 0 Å². The fourth-order valence-corrected chi connectivity index (χ4v) is 2.16. The average molecular weight is 250 g/mol. The van der Waals surface area contributed by atoms with Gasteiger partial charge in [-0.3, -0.25) is 0 Å². The number of carbonyl (C=O) groups excluding carboxylic acids is 1. The Hall–Kier alpha value is -1.55. The molecular formula is C14H18O4. The van der Waals surface area contributed by atoms with Crippen LogP contribution in [-0.4, -0.2) is 23.8 Å². The van der Waals surface area contributed by atoms with Crippen LogP contribution < -0.4 is 4.74 Å². The quantitative estimate of drug-likeness (QED) is 0.830. The van der Waals surface area contributed by atoms with Crippen LogP contribution in [0.25, 0.3) is 0 Å². The van der Waals surface area contributed by atoms with Crippen molar-refractivity contribution >= 4 is 5.97 Å². The summed E-state index contributed by atoms with van der Waals surface area (Å²) in [6.45, 7) is 3.78. The van der Waals surface area contributed by atoms with Crippen LogP contribution >= 0.6 is 0 Å². The molecule has 4 heteroatoms. The molecule has 0 aliphatic heterocycles. The van der Waals surface area contributed by atoms with Crippen LogP contribution in [0.5, 0.6) is 5.75 Å².